The first-order chi connectivity index (χ1) is 10.1. The van der Waals surface area contributed by atoms with Gasteiger partial charge < -0.3 is 14.3 Å². The number of carbonyl (C=O) groups excluding carboxylic acids is 1. The molecular formula is C16H17N3O2. The molecule has 3 aromatic heterocycles. The zero-order valence-electron chi connectivity index (χ0n) is 12.3. The van der Waals surface area contributed by atoms with Crippen LogP contribution < -0.4 is 5.32 Å². The van der Waals surface area contributed by atoms with Gasteiger partial charge in [-0.2, -0.15) is 0 Å². The second-order valence-corrected chi connectivity index (χ2v) is 5.31. The van der Waals surface area contributed by atoms with Crippen molar-refractivity contribution in [3.63, 3.8) is 0 Å². The highest BCUT2D eigenvalue weighted by molar-refractivity contribution is 5.95. The summed E-state index contributed by atoms with van der Waals surface area (Å²) in [5.41, 5.74) is 1.82. The molecule has 0 spiro atoms. The molecule has 3 rings (SSSR count). The Labute approximate surface area is 122 Å². The van der Waals surface area contributed by atoms with Crippen LogP contribution >= 0.6 is 0 Å². The van der Waals surface area contributed by atoms with Crippen molar-refractivity contribution >= 4 is 16.9 Å². The molecule has 0 aliphatic carbocycles. The second-order valence-electron chi connectivity index (χ2n) is 5.31. The summed E-state index contributed by atoms with van der Waals surface area (Å²) in [6.07, 6.45) is 3.70. The topological polar surface area (TPSA) is 60.1 Å². The Balaban J connectivity index is 2.00. The second kappa shape index (κ2) is 5.09. The fourth-order valence-corrected chi connectivity index (χ4v) is 2.32. The summed E-state index contributed by atoms with van der Waals surface area (Å²) >= 11 is 0. The minimum Gasteiger partial charge on any atom is -0.451 e. The molecule has 0 bridgehead atoms. The minimum atomic E-state index is -0.199. The fourth-order valence-electron chi connectivity index (χ4n) is 2.32. The van der Waals surface area contributed by atoms with Crippen molar-refractivity contribution in [2.24, 2.45) is 7.05 Å². The Morgan fingerprint density at radius 1 is 1.29 bits per heavy atom. The lowest BCUT2D eigenvalue weighted by Gasteiger charge is -2.05. The van der Waals surface area contributed by atoms with Crippen molar-refractivity contribution in [2.45, 2.75) is 19.9 Å². The first-order valence-electron chi connectivity index (χ1n) is 6.87. The van der Waals surface area contributed by atoms with Crippen molar-refractivity contribution in [2.75, 3.05) is 0 Å². The van der Waals surface area contributed by atoms with Gasteiger partial charge in [0.05, 0.1) is 0 Å². The molecule has 3 aromatic rings. The number of amides is 1. The molecule has 0 atom stereocenters. The molecule has 0 saturated carbocycles. The largest absolute Gasteiger partial charge is 0.451 e. The molecule has 0 radical (unpaired) electrons. The molecule has 108 valence electrons. The average molecular weight is 283 g/mol. The van der Waals surface area contributed by atoms with E-state index in [1.807, 2.05) is 49.9 Å². The third-order valence-electron chi connectivity index (χ3n) is 3.28. The molecule has 5 heteroatoms. The van der Waals surface area contributed by atoms with Crippen LogP contribution in [-0.2, 0) is 7.05 Å². The maximum absolute atomic E-state index is 11.9. The lowest BCUT2D eigenvalue weighted by Crippen LogP contribution is -2.29. The number of pyridine rings is 1. The average Bonchev–Trinajstić information content (AvgIpc) is 3.05. The predicted octanol–water partition coefficient (Wildman–Crippen LogP) is 2.97. The number of rotatable bonds is 3. The molecule has 0 aromatic carbocycles. The smallest absolute Gasteiger partial charge is 0.287 e. The Bertz CT molecular complexity index is 799. The summed E-state index contributed by atoms with van der Waals surface area (Å²) < 4.78 is 7.65. The SMILES string of the molecule is CC(C)NC(=O)c1ccc(-c2ccnc3c2ccn3C)o1. The van der Waals surface area contributed by atoms with E-state index in [4.69, 9.17) is 4.42 Å². The number of hydrogen-bond donors (Lipinski definition) is 1. The molecule has 0 unspecified atom stereocenters. The number of aromatic nitrogens is 2. The third kappa shape index (κ3) is 2.42. The molecule has 1 N–H and O–H groups in total. The number of nitrogens with one attached hydrogen (secondary N) is 1. The third-order valence-corrected chi connectivity index (χ3v) is 3.28. The molecule has 0 aliphatic rings. The van der Waals surface area contributed by atoms with Gasteiger partial charge in [0.1, 0.15) is 11.4 Å². The van der Waals surface area contributed by atoms with Crippen molar-refractivity contribution in [1.82, 2.24) is 14.9 Å². The lowest BCUT2D eigenvalue weighted by atomic mass is 10.1. The highest BCUT2D eigenvalue weighted by Crippen LogP contribution is 2.29. The van der Waals surface area contributed by atoms with Crippen LogP contribution in [0.25, 0.3) is 22.4 Å². The molecule has 0 aliphatic heterocycles. The quantitative estimate of drug-likeness (QED) is 0.804. The number of fused-ring (bicyclic) bond motifs is 1. The number of carbonyl (C=O) groups is 1. The van der Waals surface area contributed by atoms with Crippen molar-refractivity contribution < 1.29 is 9.21 Å². The van der Waals surface area contributed by atoms with Crippen LogP contribution in [0.3, 0.4) is 0 Å². The predicted molar refractivity (Wildman–Crippen MR) is 81.0 cm³/mol. The number of hydrogen-bond acceptors (Lipinski definition) is 3. The standard InChI is InChI=1S/C16H17N3O2/c1-10(2)18-16(20)14-5-4-13(21-14)11-6-8-17-15-12(11)7-9-19(15)3/h4-10H,1-3H3,(H,18,20). The van der Waals surface area contributed by atoms with E-state index >= 15 is 0 Å². The van der Waals surface area contributed by atoms with Gasteiger partial charge >= 0.3 is 0 Å². The molecule has 1 amide bonds. The monoisotopic (exact) mass is 283 g/mol. The Kier molecular flexibility index (Phi) is 3.25. The molecule has 3 heterocycles. The van der Waals surface area contributed by atoms with Crippen molar-refractivity contribution in [1.29, 1.82) is 0 Å². The zero-order valence-corrected chi connectivity index (χ0v) is 12.3. The summed E-state index contributed by atoms with van der Waals surface area (Å²) in [5, 5.41) is 3.82. The van der Waals surface area contributed by atoms with Crippen LogP contribution in [0, 0.1) is 0 Å². The number of furan rings is 1. The number of nitrogens with zero attached hydrogens (tertiary/aromatic N) is 2. The zero-order chi connectivity index (χ0) is 15.0. The first kappa shape index (κ1) is 13.4. The minimum absolute atomic E-state index is 0.0767. The van der Waals surface area contributed by atoms with Gasteiger partial charge in [-0.15, -0.1) is 0 Å². The van der Waals surface area contributed by atoms with Crippen molar-refractivity contribution in [3.8, 4) is 11.3 Å². The molecular weight excluding hydrogens is 266 g/mol. The van der Waals surface area contributed by atoms with E-state index in [1.165, 1.54) is 0 Å². The van der Waals surface area contributed by atoms with E-state index in [0.717, 1.165) is 16.6 Å². The van der Waals surface area contributed by atoms with Gasteiger partial charge in [-0.05, 0) is 38.1 Å². The van der Waals surface area contributed by atoms with Crippen LogP contribution in [-0.4, -0.2) is 21.5 Å². The van der Waals surface area contributed by atoms with Crippen LogP contribution in [0.15, 0.2) is 41.1 Å². The van der Waals surface area contributed by atoms with Gasteiger partial charge in [-0.1, -0.05) is 0 Å². The van der Waals surface area contributed by atoms with E-state index < -0.39 is 0 Å². The van der Waals surface area contributed by atoms with Gasteiger partial charge in [-0.25, -0.2) is 4.98 Å². The van der Waals surface area contributed by atoms with E-state index in [0.29, 0.717) is 11.5 Å². The van der Waals surface area contributed by atoms with E-state index in [2.05, 4.69) is 10.3 Å². The highest BCUT2D eigenvalue weighted by Gasteiger charge is 2.15. The lowest BCUT2D eigenvalue weighted by molar-refractivity contribution is 0.0916. The Morgan fingerprint density at radius 3 is 2.86 bits per heavy atom. The first-order valence-corrected chi connectivity index (χ1v) is 6.87. The van der Waals surface area contributed by atoms with Gasteiger partial charge in [0, 0.05) is 36.4 Å². The Hall–Kier alpha value is -2.56. The molecule has 0 saturated heterocycles. The van der Waals surface area contributed by atoms with Gasteiger partial charge in [-0.3, -0.25) is 4.79 Å². The summed E-state index contributed by atoms with van der Waals surface area (Å²) in [5.74, 6) is 0.789. The van der Waals surface area contributed by atoms with E-state index in [-0.39, 0.29) is 11.9 Å². The van der Waals surface area contributed by atoms with Crippen LogP contribution in [0.4, 0.5) is 0 Å². The summed E-state index contributed by atoms with van der Waals surface area (Å²) in [6.45, 7) is 3.83. The van der Waals surface area contributed by atoms with Gasteiger partial charge in [0.15, 0.2) is 5.76 Å². The summed E-state index contributed by atoms with van der Waals surface area (Å²) in [4.78, 5) is 16.3. The van der Waals surface area contributed by atoms with Gasteiger partial charge in [0.2, 0.25) is 0 Å². The summed E-state index contributed by atoms with van der Waals surface area (Å²) in [6, 6.07) is 7.48. The van der Waals surface area contributed by atoms with Crippen molar-refractivity contribution in [3.05, 3.63) is 42.4 Å². The van der Waals surface area contributed by atoms with Gasteiger partial charge in [0.25, 0.3) is 5.91 Å². The van der Waals surface area contributed by atoms with Crippen LogP contribution in [0.2, 0.25) is 0 Å². The van der Waals surface area contributed by atoms with Crippen LogP contribution in [0.5, 0.6) is 0 Å². The maximum Gasteiger partial charge on any atom is 0.287 e. The van der Waals surface area contributed by atoms with E-state index in [9.17, 15) is 4.79 Å². The number of aryl methyl sites for hydroxylation is 1. The molecule has 21 heavy (non-hydrogen) atoms. The Morgan fingerprint density at radius 2 is 2.10 bits per heavy atom. The van der Waals surface area contributed by atoms with E-state index in [1.54, 1.807) is 12.3 Å². The summed E-state index contributed by atoms with van der Waals surface area (Å²) in [7, 11) is 1.95. The van der Waals surface area contributed by atoms with Crippen LogP contribution in [0.1, 0.15) is 24.4 Å². The molecule has 5 nitrogen and oxygen atoms in total. The molecule has 0 fully saturated rings. The maximum atomic E-state index is 11.9. The normalized spacial score (nSPS) is 11.2. The fraction of sp³-hybridized carbons (Fsp3) is 0.250. The highest BCUT2D eigenvalue weighted by atomic mass is 16.3.